The normalized spacial score (nSPS) is 22.4. The number of nitrogens with two attached hydrogens (primary N) is 1. The maximum absolute atomic E-state index is 6.22. The third-order valence-corrected chi connectivity index (χ3v) is 3.68. The molecule has 2 N–H and O–H groups in total. The van der Waals surface area contributed by atoms with Gasteiger partial charge in [-0.2, -0.15) is 5.10 Å². The first kappa shape index (κ1) is 11.3. The summed E-state index contributed by atoms with van der Waals surface area (Å²) in [5.74, 6) is 0.893. The van der Waals surface area contributed by atoms with Crippen molar-refractivity contribution in [2.45, 2.75) is 25.5 Å². The van der Waals surface area contributed by atoms with E-state index in [4.69, 9.17) is 10.5 Å². The number of fused-ring (bicyclic) bond motifs is 1. The van der Waals surface area contributed by atoms with Gasteiger partial charge in [-0.1, -0.05) is 18.2 Å². The number of aromatic nitrogens is 2. The first-order valence-corrected chi connectivity index (χ1v) is 6.16. The average molecular weight is 243 g/mol. The lowest BCUT2D eigenvalue weighted by molar-refractivity contribution is 0.161. The number of para-hydroxylation sites is 1. The van der Waals surface area contributed by atoms with E-state index in [1.165, 1.54) is 0 Å². The highest BCUT2D eigenvalue weighted by Crippen LogP contribution is 2.39. The fourth-order valence-electron chi connectivity index (χ4n) is 2.48. The fourth-order valence-corrected chi connectivity index (χ4v) is 2.48. The smallest absolute Gasteiger partial charge is 0.129 e. The number of nitrogens with zero attached hydrogens (tertiary/aromatic N) is 2. The maximum Gasteiger partial charge on any atom is 0.129 e. The van der Waals surface area contributed by atoms with Crippen molar-refractivity contribution in [3.63, 3.8) is 0 Å². The molecule has 1 aliphatic rings. The van der Waals surface area contributed by atoms with Gasteiger partial charge in [-0.05, 0) is 13.0 Å². The summed E-state index contributed by atoms with van der Waals surface area (Å²) in [5, 5.41) is 4.27. The molecule has 2 aromatic rings. The molecule has 2 atom stereocenters. The van der Waals surface area contributed by atoms with E-state index < -0.39 is 0 Å². The molecular weight excluding hydrogens is 226 g/mol. The zero-order valence-corrected chi connectivity index (χ0v) is 10.6. The summed E-state index contributed by atoms with van der Waals surface area (Å²) in [6.45, 7) is 2.05. The monoisotopic (exact) mass is 243 g/mol. The molecule has 94 valence electrons. The van der Waals surface area contributed by atoms with Crippen LogP contribution in [0, 0.1) is 6.92 Å². The van der Waals surface area contributed by atoms with Crippen LogP contribution in [-0.2, 0) is 7.05 Å². The van der Waals surface area contributed by atoms with Gasteiger partial charge in [0.2, 0.25) is 0 Å². The van der Waals surface area contributed by atoms with Gasteiger partial charge in [-0.25, -0.2) is 0 Å². The van der Waals surface area contributed by atoms with Crippen molar-refractivity contribution < 1.29 is 4.74 Å². The van der Waals surface area contributed by atoms with Crippen LogP contribution >= 0.6 is 0 Å². The first-order chi connectivity index (χ1) is 8.66. The first-order valence-electron chi connectivity index (χ1n) is 6.16. The number of ether oxygens (including phenoxy) is 1. The van der Waals surface area contributed by atoms with Crippen LogP contribution in [0.3, 0.4) is 0 Å². The van der Waals surface area contributed by atoms with E-state index in [0.717, 1.165) is 29.0 Å². The van der Waals surface area contributed by atoms with Crippen molar-refractivity contribution in [3.05, 3.63) is 47.3 Å². The Labute approximate surface area is 106 Å². The van der Waals surface area contributed by atoms with Gasteiger partial charge >= 0.3 is 0 Å². The number of rotatable bonds is 1. The van der Waals surface area contributed by atoms with Crippen LogP contribution in [0.5, 0.6) is 5.75 Å². The Morgan fingerprint density at radius 2 is 2.11 bits per heavy atom. The minimum Gasteiger partial charge on any atom is -0.485 e. The lowest BCUT2D eigenvalue weighted by atomic mass is 9.94. The second kappa shape index (κ2) is 4.14. The number of hydrogen-bond acceptors (Lipinski definition) is 3. The van der Waals surface area contributed by atoms with Gasteiger partial charge in [-0.15, -0.1) is 0 Å². The van der Waals surface area contributed by atoms with Gasteiger partial charge in [0, 0.05) is 36.3 Å². The second-order valence-electron chi connectivity index (χ2n) is 4.80. The minimum atomic E-state index is 0.00333. The van der Waals surface area contributed by atoms with Crippen molar-refractivity contribution in [3.8, 4) is 5.75 Å². The van der Waals surface area contributed by atoms with Crippen LogP contribution in [0.4, 0.5) is 0 Å². The molecule has 3 rings (SSSR count). The molecule has 1 aromatic carbocycles. The van der Waals surface area contributed by atoms with E-state index in [-0.39, 0.29) is 12.1 Å². The Balaban J connectivity index is 1.97. The summed E-state index contributed by atoms with van der Waals surface area (Å²) in [6.07, 6.45) is 2.67. The lowest BCUT2D eigenvalue weighted by Crippen LogP contribution is -2.24. The molecule has 18 heavy (non-hydrogen) atoms. The molecular formula is C14H17N3O. The van der Waals surface area contributed by atoms with Crippen LogP contribution in [0.2, 0.25) is 0 Å². The predicted octanol–water partition coefficient (Wildman–Crippen LogP) is 2.25. The Morgan fingerprint density at radius 3 is 2.83 bits per heavy atom. The van der Waals surface area contributed by atoms with E-state index >= 15 is 0 Å². The van der Waals surface area contributed by atoms with E-state index in [1.54, 1.807) is 0 Å². The van der Waals surface area contributed by atoms with Crippen LogP contribution in [-0.4, -0.2) is 9.78 Å². The molecule has 0 radical (unpaired) electrons. The fraction of sp³-hybridized carbons (Fsp3) is 0.357. The molecule has 1 aliphatic heterocycles. The summed E-state index contributed by atoms with van der Waals surface area (Å²) < 4.78 is 7.92. The molecule has 0 saturated carbocycles. The number of benzene rings is 1. The summed E-state index contributed by atoms with van der Waals surface area (Å²) in [6, 6.07) is 8.01. The number of aryl methyl sites for hydroxylation is 1. The van der Waals surface area contributed by atoms with Crippen LogP contribution in [0.15, 0.2) is 30.5 Å². The summed E-state index contributed by atoms with van der Waals surface area (Å²) in [4.78, 5) is 0. The molecule has 0 spiro atoms. The van der Waals surface area contributed by atoms with Gasteiger partial charge in [0.25, 0.3) is 0 Å². The maximum atomic E-state index is 6.22. The molecule has 0 fully saturated rings. The SMILES string of the molecule is Cc1c(C2C[C@@H](N)c3ccccc3O2)cnn1C. The molecule has 0 saturated heterocycles. The van der Waals surface area contributed by atoms with Crippen LogP contribution < -0.4 is 10.5 Å². The molecule has 0 bridgehead atoms. The average Bonchev–Trinajstić information content (AvgIpc) is 2.70. The Kier molecular flexibility index (Phi) is 2.59. The van der Waals surface area contributed by atoms with E-state index in [1.807, 2.05) is 42.2 Å². The van der Waals surface area contributed by atoms with Gasteiger partial charge in [-0.3, -0.25) is 4.68 Å². The molecule has 1 unspecified atom stereocenters. The Morgan fingerprint density at radius 1 is 1.33 bits per heavy atom. The highest BCUT2D eigenvalue weighted by Gasteiger charge is 2.28. The largest absolute Gasteiger partial charge is 0.485 e. The van der Waals surface area contributed by atoms with Gasteiger partial charge in [0.05, 0.1) is 6.20 Å². The second-order valence-corrected chi connectivity index (χ2v) is 4.80. The molecule has 0 amide bonds. The van der Waals surface area contributed by atoms with Gasteiger partial charge in [0.15, 0.2) is 0 Å². The minimum absolute atomic E-state index is 0.00333. The third-order valence-electron chi connectivity index (χ3n) is 3.68. The van der Waals surface area contributed by atoms with Crippen molar-refractivity contribution in [1.29, 1.82) is 0 Å². The molecule has 1 aromatic heterocycles. The summed E-state index contributed by atoms with van der Waals surface area (Å²) in [5.41, 5.74) is 9.57. The standard InChI is InChI=1S/C14H17N3O/c1-9-11(8-16-17(9)2)14-7-12(15)10-5-3-4-6-13(10)18-14/h3-6,8,12,14H,7,15H2,1-2H3/t12-,14?/m1/s1. The van der Waals surface area contributed by atoms with Crippen molar-refractivity contribution >= 4 is 0 Å². The van der Waals surface area contributed by atoms with Crippen LogP contribution in [0.1, 0.15) is 35.4 Å². The highest BCUT2D eigenvalue weighted by atomic mass is 16.5. The van der Waals surface area contributed by atoms with Crippen molar-refractivity contribution in [2.75, 3.05) is 0 Å². The molecule has 2 heterocycles. The van der Waals surface area contributed by atoms with Gasteiger partial charge < -0.3 is 10.5 Å². The molecule has 0 aliphatic carbocycles. The summed E-state index contributed by atoms with van der Waals surface area (Å²) in [7, 11) is 1.94. The molecule has 4 heteroatoms. The highest BCUT2D eigenvalue weighted by molar-refractivity contribution is 5.39. The predicted molar refractivity (Wildman–Crippen MR) is 69.3 cm³/mol. The van der Waals surface area contributed by atoms with E-state index in [0.29, 0.717) is 0 Å². The Hall–Kier alpha value is -1.81. The van der Waals surface area contributed by atoms with E-state index in [2.05, 4.69) is 12.0 Å². The van der Waals surface area contributed by atoms with E-state index in [9.17, 15) is 0 Å². The van der Waals surface area contributed by atoms with Crippen molar-refractivity contribution in [1.82, 2.24) is 9.78 Å². The third kappa shape index (κ3) is 1.69. The quantitative estimate of drug-likeness (QED) is 0.835. The topological polar surface area (TPSA) is 53.1 Å². The van der Waals surface area contributed by atoms with Gasteiger partial charge in [0.1, 0.15) is 11.9 Å². The zero-order valence-electron chi connectivity index (χ0n) is 10.6. The molecule has 4 nitrogen and oxygen atoms in total. The summed E-state index contributed by atoms with van der Waals surface area (Å²) >= 11 is 0. The zero-order chi connectivity index (χ0) is 12.7. The lowest BCUT2D eigenvalue weighted by Gasteiger charge is -2.30. The Bertz CT molecular complexity index is 576. The van der Waals surface area contributed by atoms with Crippen LogP contribution in [0.25, 0.3) is 0 Å². The van der Waals surface area contributed by atoms with Crippen molar-refractivity contribution in [2.24, 2.45) is 12.8 Å². The number of hydrogen-bond donors (Lipinski definition) is 1.